The highest BCUT2D eigenvalue weighted by Crippen LogP contribution is 2.16. The maximum absolute atomic E-state index is 5.38. The predicted octanol–water partition coefficient (Wildman–Crippen LogP) is 1.17. The smallest absolute Gasteiger partial charge is 0.315 e. The summed E-state index contributed by atoms with van der Waals surface area (Å²) in [4.78, 5) is 0. The summed E-state index contributed by atoms with van der Waals surface area (Å²) in [7, 11) is 0. The Kier molecular flexibility index (Phi) is 3.46. The third-order valence-corrected chi connectivity index (χ3v) is 2.15. The molecule has 0 spiro atoms. The number of nitrogens with zero attached hydrogens (tertiary/aromatic N) is 2. The van der Waals surface area contributed by atoms with Crippen LogP contribution in [-0.2, 0) is 6.42 Å². The highest BCUT2D eigenvalue weighted by molar-refractivity contribution is 5.22. The molecule has 0 unspecified atom stereocenters. The van der Waals surface area contributed by atoms with Crippen molar-refractivity contribution in [3.8, 4) is 0 Å². The van der Waals surface area contributed by atoms with Crippen molar-refractivity contribution in [2.45, 2.75) is 39.2 Å². The maximum Gasteiger partial charge on any atom is 0.315 e. The minimum Gasteiger partial charge on any atom is -0.408 e. The van der Waals surface area contributed by atoms with Gasteiger partial charge >= 0.3 is 6.01 Å². The summed E-state index contributed by atoms with van der Waals surface area (Å²) in [6.07, 6.45) is 1.61. The first kappa shape index (κ1) is 11.0. The van der Waals surface area contributed by atoms with Crippen LogP contribution in [0.2, 0.25) is 0 Å². The minimum absolute atomic E-state index is 0.0213. The Hall–Kier alpha value is -1.10. The molecule has 0 bridgehead atoms. The summed E-state index contributed by atoms with van der Waals surface area (Å²) in [6.45, 7) is 6.79. The summed E-state index contributed by atoms with van der Waals surface area (Å²) < 4.78 is 5.35. The highest BCUT2D eigenvalue weighted by Gasteiger charge is 2.17. The molecule has 0 aromatic carbocycles. The first-order valence-electron chi connectivity index (χ1n) is 4.88. The molecule has 1 rings (SSSR count). The zero-order valence-electron chi connectivity index (χ0n) is 9.00. The van der Waals surface area contributed by atoms with E-state index in [0.29, 0.717) is 24.9 Å². The second kappa shape index (κ2) is 4.41. The summed E-state index contributed by atoms with van der Waals surface area (Å²) in [5, 5.41) is 10.9. The van der Waals surface area contributed by atoms with Crippen LogP contribution in [0.3, 0.4) is 0 Å². The van der Waals surface area contributed by atoms with Crippen LogP contribution < -0.4 is 11.1 Å². The van der Waals surface area contributed by atoms with E-state index >= 15 is 0 Å². The molecule has 1 aromatic heterocycles. The number of anilines is 1. The molecule has 5 heteroatoms. The van der Waals surface area contributed by atoms with E-state index in [0.717, 1.165) is 6.42 Å². The fourth-order valence-corrected chi connectivity index (χ4v) is 0.906. The molecule has 0 saturated heterocycles. The molecule has 80 valence electrons. The molecule has 1 heterocycles. The van der Waals surface area contributed by atoms with Crippen LogP contribution in [0, 0.1) is 0 Å². The third-order valence-electron chi connectivity index (χ3n) is 2.15. The van der Waals surface area contributed by atoms with Gasteiger partial charge in [-0.15, -0.1) is 5.10 Å². The lowest BCUT2D eigenvalue weighted by Crippen LogP contribution is -2.29. The quantitative estimate of drug-likeness (QED) is 0.742. The first-order chi connectivity index (χ1) is 6.57. The van der Waals surface area contributed by atoms with E-state index in [4.69, 9.17) is 10.2 Å². The number of aromatic nitrogens is 2. The van der Waals surface area contributed by atoms with E-state index in [1.807, 2.05) is 0 Å². The van der Waals surface area contributed by atoms with Crippen molar-refractivity contribution in [1.82, 2.24) is 10.2 Å². The molecule has 14 heavy (non-hydrogen) atoms. The van der Waals surface area contributed by atoms with Crippen LogP contribution >= 0.6 is 0 Å². The van der Waals surface area contributed by atoms with Crippen molar-refractivity contribution in [3.05, 3.63) is 5.89 Å². The van der Waals surface area contributed by atoms with Gasteiger partial charge in [0.25, 0.3) is 0 Å². The average molecular weight is 198 g/mol. The van der Waals surface area contributed by atoms with Crippen LogP contribution in [-0.4, -0.2) is 22.3 Å². The molecule has 0 aliphatic rings. The van der Waals surface area contributed by atoms with Crippen molar-refractivity contribution in [2.24, 2.45) is 5.73 Å². The number of rotatable bonds is 5. The second-order valence-electron chi connectivity index (χ2n) is 3.90. The van der Waals surface area contributed by atoms with Crippen molar-refractivity contribution in [3.63, 3.8) is 0 Å². The number of hydrogen-bond donors (Lipinski definition) is 2. The standard InChI is InChI=1S/C9H18N4O/c1-4-9(2,3)11-8-13-12-7(14-8)5-6-10/h4-6,10H2,1-3H3,(H,11,13). The topological polar surface area (TPSA) is 77.0 Å². The number of nitrogens with one attached hydrogen (secondary N) is 1. The summed E-state index contributed by atoms with van der Waals surface area (Å²) in [6, 6.07) is 0.473. The lowest BCUT2D eigenvalue weighted by molar-refractivity contribution is 0.470. The van der Waals surface area contributed by atoms with Gasteiger partial charge in [-0.3, -0.25) is 0 Å². The predicted molar refractivity (Wildman–Crippen MR) is 55.0 cm³/mol. The monoisotopic (exact) mass is 198 g/mol. The Balaban J connectivity index is 2.59. The molecule has 1 aromatic rings. The van der Waals surface area contributed by atoms with Crippen molar-refractivity contribution >= 4 is 6.01 Å². The lowest BCUT2D eigenvalue weighted by Gasteiger charge is -2.22. The van der Waals surface area contributed by atoms with E-state index in [1.54, 1.807) is 0 Å². The highest BCUT2D eigenvalue weighted by atomic mass is 16.4. The van der Waals surface area contributed by atoms with Gasteiger partial charge in [0.2, 0.25) is 5.89 Å². The molecule has 3 N–H and O–H groups in total. The van der Waals surface area contributed by atoms with Gasteiger partial charge in [0.05, 0.1) is 0 Å². The van der Waals surface area contributed by atoms with E-state index < -0.39 is 0 Å². The van der Waals surface area contributed by atoms with Gasteiger partial charge in [0.1, 0.15) is 0 Å². The van der Waals surface area contributed by atoms with Gasteiger partial charge in [-0.05, 0) is 20.3 Å². The van der Waals surface area contributed by atoms with Gasteiger partial charge < -0.3 is 15.5 Å². The molecule has 0 atom stereocenters. The second-order valence-corrected chi connectivity index (χ2v) is 3.90. The molecular weight excluding hydrogens is 180 g/mol. The van der Waals surface area contributed by atoms with E-state index in [-0.39, 0.29) is 5.54 Å². The van der Waals surface area contributed by atoms with Gasteiger partial charge in [0.15, 0.2) is 0 Å². The largest absolute Gasteiger partial charge is 0.408 e. The number of nitrogens with two attached hydrogens (primary N) is 1. The van der Waals surface area contributed by atoms with Crippen LogP contribution in [0.5, 0.6) is 0 Å². The Bertz CT molecular complexity index is 282. The van der Waals surface area contributed by atoms with E-state index in [9.17, 15) is 0 Å². The maximum atomic E-state index is 5.38. The summed E-state index contributed by atoms with van der Waals surface area (Å²) in [5.41, 5.74) is 5.35. The van der Waals surface area contributed by atoms with Gasteiger partial charge in [-0.2, -0.15) is 0 Å². The molecule has 0 saturated carbocycles. The van der Waals surface area contributed by atoms with Gasteiger partial charge in [-0.25, -0.2) is 0 Å². The molecule has 0 aliphatic heterocycles. The molecule has 5 nitrogen and oxygen atoms in total. The van der Waals surface area contributed by atoms with Crippen molar-refractivity contribution < 1.29 is 4.42 Å². The fourth-order valence-electron chi connectivity index (χ4n) is 0.906. The van der Waals surface area contributed by atoms with E-state index in [2.05, 4.69) is 36.3 Å². The van der Waals surface area contributed by atoms with Crippen LogP contribution in [0.25, 0.3) is 0 Å². The Morgan fingerprint density at radius 3 is 2.71 bits per heavy atom. The first-order valence-corrected chi connectivity index (χ1v) is 4.88. The van der Waals surface area contributed by atoms with Crippen molar-refractivity contribution in [1.29, 1.82) is 0 Å². The third kappa shape index (κ3) is 2.99. The average Bonchev–Trinajstić information content (AvgIpc) is 2.53. The Morgan fingerprint density at radius 1 is 1.43 bits per heavy atom. The van der Waals surface area contributed by atoms with Crippen LogP contribution in [0.15, 0.2) is 4.42 Å². The molecule has 0 radical (unpaired) electrons. The van der Waals surface area contributed by atoms with Gasteiger partial charge in [0, 0.05) is 18.5 Å². The molecule has 0 amide bonds. The van der Waals surface area contributed by atoms with Crippen LogP contribution in [0.4, 0.5) is 6.01 Å². The van der Waals surface area contributed by atoms with E-state index in [1.165, 1.54) is 0 Å². The minimum atomic E-state index is -0.0213. The fraction of sp³-hybridized carbons (Fsp3) is 0.778. The zero-order chi connectivity index (χ0) is 10.6. The molecule has 0 fully saturated rings. The van der Waals surface area contributed by atoms with Gasteiger partial charge in [-0.1, -0.05) is 12.0 Å². The molecule has 0 aliphatic carbocycles. The lowest BCUT2D eigenvalue weighted by atomic mass is 10.0. The SMILES string of the molecule is CCC(C)(C)Nc1nnc(CCN)o1. The number of hydrogen-bond acceptors (Lipinski definition) is 5. The summed E-state index contributed by atoms with van der Waals surface area (Å²) >= 11 is 0. The summed E-state index contributed by atoms with van der Waals surface area (Å²) in [5.74, 6) is 0.585. The van der Waals surface area contributed by atoms with Crippen LogP contribution in [0.1, 0.15) is 33.1 Å². The molecular formula is C9H18N4O. The Morgan fingerprint density at radius 2 is 2.14 bits per heavy atom. The normalized spacial score (nSPS) is 11.7. The van der Waals surface area contributed by atoms with Crippen molar-refractivity contribution in [2.75, 3.05) is 11.9 Å². The Labute approximate surface area is 84.1 Å². The zero-order valence-corrected chi connectivity index (χ0v) is 9.00.